The molecule has 0 bridgehead atoms. The molecule has 1 atom stereocenters. The quantitative estimate of drug-likeness (QED) is 0.774. The van der Waals surface area contributed by atoms with Gasteiger partial charge in [0.2, 0.25) is 0 Å². The largest absolute Gasteiger partial charge is 0.374 e. The number of rotatable bonds is 3. The first-order valence-electron chi connectivity index (χ1n) is 6.62. The first kappa shape index (κ1) is 11.4. The summed E-state index contributed by atoms with van der Waals surface area (Å²) >= 11 is 0. The van der Waals surface area contributed by atoms with Gasteiger partial charge in [-0.1, -0.05) is 13.8 Å². The van der Waals surface area contributed by atoms with Crippen LogP contribution in [-0.4, -0.2) is 25.3 Å². The average molecular weight is 211 g/mol. The normalized spacial score (nSPS) is 37.4. The van der Waals surface area contributed by atoms with Crippen molar-refractivity contribution < 1.29 is 4.74 Å². The number of nitrogens with one attached hydrogen (secondary N) is 1. The molecule has 2 heteroatoms. The maximum absolute atomic E-state index is 6.12. The molecule has 1 N–H and O–H groups in total. The summed E-state index contributed by atoms with van der Waals surface area (Å²) in [5.41, 5.74) is 0. The highest BCUT2D eigenvalue weighted by Gasteiger charge is 2.26. The first-order chi connectivity index (χ1) is 7.25. The lowest BCUT2D eigenvalue weighted by molar-refractivity contribution is -0.0302. The van der Waals surface area contributed by atoms with Crippen LogP contribution in [0.15, 0.2) is 0 Å². The molecule has 0 aromatic heterocycles. The van der Waals surface area contributed by atoms with Crippen LogP contribution in [0.5, 0.6) is 0 Å². The van der Waals surface area contributed by atoms with Gasteiger partial charge in [0.05, 0.1) is 12.2 Å². The molecule has 2 nitrogen and oxygen atoms in total. The van der Waals surface area contributed by atoms with Crippen molar-refractivity contribution in [1.82, 2.24) is 5.32 Å². The Morgan fingerprint density at radius 3 is 2.27 bits per heavy atom. The first-order valence-corrected chi connectivity index (χ1v) is 6.62. The molecule has 0 radical (unpaired) electrons. The Balaban J connectivity index is 1.68. The Morgan fingerprint density at radius 1 is 1.00 bits per heavy atom. The van der Waals surface area contributed by atoms with Gasteiger partial charge in [0.15, 0.2) is 0 Å². The lowest BCUT2D eigenvalue weighted by atomic mass is 9.80. The fraction of sp³-hybridized carbons (Fsp3) is 1.00. The van der Waals surface area contributed by atoms with Gasteiger partial charge in [0.25, 0.3) is 0 Å². The molecule has 2 aliphatic rings. The summed E-state index contributed by atoms with van der Waals surface area (Å²) in [7, 11) is 0. The van der Waals surface area contributed by atoms with Crippen LogP contribution in [0.1, 0.15) is 46.0 Å². The molecule has 1 aliphatic heterocycles. The molecular weight excluding hydrogens is 186 g/mol. The fourth-order valence-corrected chi connectivity index (χ4v) is 2.91. The van der Waals surface area contributed by atoms with Crippen LogP contribution in [0.4, 0.5) is 0 Å². The predicted molar refractivity (Wildman–Crippen MR) is 62.9 cm³/mol. The van der Waals surface area contributed by atoms with Crippen molar-refractivity contribution in [2.45, 2.75) is 58.2 Å². The minimum absolute atomic E-state index is 0.505. The van der Waals surface area contributed by atoms with E-state index in [4.69, 9.17) is 4.74 Å². The van der Waals surface area contributed by atoms with Crippen LogP contribution in [0.25, 0.3) is 0 Å². The highest BCUT2D eigenvalue weighted by Crippen LogP contribution is 2.32. The SMILES string of the molecule is CC(C)C1CCC(OC2CCNC2)CC1. The molecule has 2 rings (SSSR count). The summed E-state index contributed by atoms with van der Waals surface area (Å²) in [6, 6.07) is 0. The van der Waals surface area contributed by atoms with Crippen LogP contribution in [0.2, 0.25) is 0 Å². The van der Waals surface area contributed by atoms with E-state index in [0.29, 0.717) is 12.2 Å². The minimum Gasteiger partial charge on any atom is -0.374 e. The molecule has 1 unspecified atom stereocenters. The van der Waals surface area contributed by atoms with Crippen molar-refractivity contribution in [3.63, 3.8) is 0 Å². The van der Waals surface area contributed by atoms with Crippen molar-refractivity contribution >= 4 is 0 Å². The van der Waals surface area contributed by atoms with Crippen molar-refractivity contribution in [3.05, 3.63) is 0 Å². The van der Waals surface area contributed by atoms with Gasteiger partial charge < -0.3 is 10.1 Å². The Hall–Kier alpha value is -0.0800. The van der Waals surface area contributed by atoms with Gasteiger partial charge in [0.1, 0.15) is 0 Å². The molecule has 1 saturated heterocycles. The van der Waals surface area contributed by atoms with Gasteiger partial charge in [-0.15, -0.1) is 0 Å². The van der Waals surface area contributed by atoms with E-state index in [1.54, 1.807) is 0 Å². The highest BCUT2D eigenvalue weighted by molar-refractivity contribution is 4.78. The zero-order chi connectivity index (χ0) is 10.7. The average Bonchev–Trinajstić information content (AvgIpc) is 2.71. The Bertz CT molecular complexity index is 179. The third-order valence-electron chi connectivity index (χ3n) is 4.06. The summed E-state index contributed by atoms with van der Waals surface area (Å²) in [6.45, 7) is 6.93. The number of ether oxygens (including phenoxy) is 1. The van der Waals surface area contributed by atoms with Gasteiger partial charge in [-0.2, -0.15) is 0 Å². The third-order valence-corrected chi connectivity index (χ3v) is 4.06. The lowest BCUT2D eigenvalue weighted by Gasteiger charge is -2.32. The molecule has 0 aromatic carbocycles. The molecular formula is C13H25NO. The summed E-state index contributed by atoms with van der Waals surface area (Å²) in [4.78, 5) is 0. The molecule has 1 saturated carbocycles. The zero-order valence-corrected chi connectivity index (χ0v) is 10.2. The van der Waals surface area contributed by atoms with Crippen molar-refractivity contribution in [1.29, 1.82) is 0 Å². The van der Waals surface area contributed by atoms with Crippen LogP contribution in [0, 0.1) is 11.8 Å². The van der Waals surface area contributed by atoms with E-state index in [0.717, 1.165) is 24.9 Å². The molecule has 0 amide bonds. The summed E-state index contributed by atoms with van der Waals surface area (Å²) in [6.07, 6.45) is 7.61. The molecule has 88 valence electrons. The maximum Gasteiger partial charge on any atom is 0.0715 e. The van der Waals surface area contributed by atoms with E-state index in [2.05, 4.69) is 19.2 Å². The van der Waals surface area contributed by atoms with Crippen LogP contribution >= 0.6 is 0 Å². The smallest absolute Gasteiger partial charge is 0.0715 e. The minimum atomic E-state index is 0.505. The molecule has 0 aromatic rings. The number of hydrogen-bond acceptors (Lipinski definition) is 2. The maximum atomic E-state index is 6.12. The van der Waals surface area contributed by atoms with Crippen molar-refractivity contribution in [2.75, 3.05) is 13.1 Å². The second kappa shape index (κ2) is 5.31. The van der Waals surface area contributed by atoms with Crippen LogP contribution in [-0.2, 0) is 4.74 Å². The molecule has 2 fully saturated rings. The van der Waals surface area contributed by atoms with Gasteiger partial charge >= 0.3 is 0 Å². The summed E-state index contributed by atoms with van der Waals surface area (Å²) in [5, 5.41) is 3.36. The van der Waals surface area contributed by atoms with Crippen molar-refractivity contribution in [2.24, 2.45) is 11.8 Å². The summed E-state index contributed by atoms with van der Waals surface area (Å²) in [5.74, 6) is 1.81. The Labute approximate surface area is 93.8 Å². The van der Waals surface area contributed by atoms with E-state index >= 15 is 0 Å². The van der Waals surface area contributed by atoms with Crippen LogP contribution in [0.3, 0.4) is 0 Å². The van der Waals surface area contributed by atoms with Gasteiger partial charge in [-0.05, 0) is 50.5 Å². The lowest BCUT2D eigenvalue weighted by Crippen LogP contribution is -2.29. The Morgan fingerprint density at radius 2 is 1.73 bits per heavy atom. The monoisotopic (exact) mass is 211 g/mol. The van der Waals surface area contributed by atoms with E-state index < -0.39 is 0 Å². The van der Waals surface area contributed by atoms with Gasteiger partial charge in [-0.3, -0.25) is 0 Å². The molecule has 0 spiro atoms. The van der Waals surface area contributed by atoms with E-state index in [1.165, 1.54) is 32.1 Å². The van der Waals surface area contributed by atoms with Crippen LogP contribution < -0.4 is 5.32 Å². The van der Waals surface area contributed by atoms with Crippen molar-refractivity contribution in [3.8, 4) is 0 Å². The second-order valence-corrected chi connectivity index (χ2v) is 5.53. The van der Waals surface area contributed by atoms with E-state index in [-0.39, 0.29) is 0 Å². The molecule has 1 heterocycles. The predicted octanol–water partition coefficient (Wildman–Crippen LogP) is 2.58. The topological polar surface area (TPSA) is 21.3 Å². The standard InChI is InChI=1S/C13H25NO/c1-10(2)11-3-5-12(6-4-11)15-13-7-8-14-9-13/h10-14H,3-9H2,1-2H3. The van der Waals surface area contributed by atoms with E-state index in [1.807, 2.05) is 0 Å². The Kier molecular flexibility index (Phi) is 4.04. The van der Waals surface area contributed by atoms with E-state index in [9.17, 15) is 0 Å². The zero-order valence-electron chi connectivity index (χ0n) is 10.2. The van der Waals surface area contributed by atoms with Gasteiger partial charge in [-0.25, -0.2) is 0 Å². The number of hydrogen-bond donors (Lipinski definition) is 1. The summed E-state index contributed by atoms with van der Waals surface area (Å²) < 4.78 is 6.12. The molecule has 15 heavy (non-hydrogen) atoms. The second-order valence-electron chi connectivity index (χ2n) is 5.53. The van der Waals surface area contributed by atoms with Gasteiger partial charge in [0, 0.05) is 6.54 Å². The highest BCUT2D eigenvalue weighted by atomic mass is 16.5. The third kappa shape index (κ3) is 3.18. The fourth-order valence-electron chi connectivity index (χ4n) is 2.91. The molecule has 1 aliphatic carbocycles.